The lowest BCUT2D eigenvalue weighted by Gasteiger charge is -2.60. The molecular weight excluding hydrogens is 474 g/mol. The van der Waals surface area contributed by atoms with Crippen LogP contribution in [0.1, 0.15) is 105 Å². The normalized spacial score (nSPS) is 40.2. The van der Waals surface area contributed by atoms with Crippen LogP contribution < -0.4 is 5.32 Å². The summed E-state index contributed by atoms with van der Waals surface area (Å²) in [4.78, 5) is 24.9. The summed E-state index contributed by atoms with van der Waals surface area (Å²) < 4.78 is 31.9. The zero-order chi connectivity index (χ0) is 26.5. The average Bonchev–Trinajstić information content (AvgIpc) is 3.14. The Balaban J connectivity index is 1.36. The molecule has 0 aromatic carbocycles. The van der Waals surface area contributed by atoms with E-state index < -0.39 is 21.9 Å². The Morgan fingerprint density at radius 1 is 1.03 bits per heavy atom. The van der Waals surface area contributed by atoms with Crippen molar-refractivity contribution in [1.82, 2.24) is 5.32 Å². The molecule has 9 atom stereocenters. The Bertz CT molecular complexity index is 947. The van der Waals surface area contributed by atoms with Crippen molar-refractivity contribution in [2.45, 2.75) is 111 Å². The van der Waals surface area contributed by atoms with E-state index in [0.29, 0.717) is 40.8 Å². The summed E-state index contributed by atoms with van der Waals surface area (Å²) in [6.07, 6.45) is 11.5. The molecule has 4 fully saturated rings. The minimum Gasteiger partial charge on any atom is -0.352 e. The van der Waals surface area contributed by atoms with E-state index in [1.807, 2.05) is 13.8 Å². The number of nitrogens with one attached hydrogen (secondary N) is 1. The van der Waals surface area contributed by atoms with Crippen molar-refractivity contribution in [3.8, 4) is 0 Å². The number of Topliss-reactive ketones (excluding diaryl/α,β-unsaturated/α-hetero) is 1. The van der Waals surface area contributed by atoms with Crippen LogP contribution in [0.2, 0.25) is 0 Å². The van der Waals surface area contributed by atoms with Gasteiger partial charge in [0.2, 0.25) is 5.91 Å². The number of hydrogen-bond acceptors (Lipinski definition) is 4. The third kappa shape index (κ3) is 5.43. The summed E-state index contributed by atoms with van der Waals surface area (Å²) in [6, 6.07) is -0.571. The van der Waals surface area contributed by atoms with Gasteiger partial charge in [0, 0.05) is 25.3 Å². The largest absolute Gasteiger partial charge is 0.352 e. The zero-order valence-electron chi connectivity index (χ0n) is 23.1. The molecule has 6 nitrogen and oxygen atoms in total. The molecule has 7 heteroatoms. The lowest BCUT2D eigenvalue weighted by molar-refractivity contribution is -0.140. The van der Waals surface area contributed by atoms with E-state index in [4.69, 9.17) is 0 Å². The molecule has 2 N–H and O–H groups in total. The van der Waals surface area contributed by atoms with Gasteiger partial charge in [-0.15, -0.1) is 0 Å². The average molecular weight is 524 g/mol. The number of amides is 1. The van der Waals surface area contributed by atoms with Crippen LogP contribution in [0, 0.1) is 52.3 Å². The van der Waals surface area contributed by atoms with Crippen LogP contribution in [-0.4, -0.2) is 36.5 Å². The first kappa shape index (κ1) is 28.1. The maximum Gasteiger partial charge on any atom is 0.266 e. The number of rotatable bonds is 8. The first-order valence-electron chi connectivity index (χ1n) is 14.5. The lowest BCUT2D eigenvalue weighted by atomic mass is 9.44. The van der Waals surface area contributed by atoms with Crippen molar-refractivity contribution < 1.29 is 22.6 Å². The van der Waals surface area contributed by atoms with E-state index in [0.717, 1.165) is 43.4 Å². The Labute approximate surface area is 218 Å². The molecule has 0 unspecified atom stereocenters. The second kappa shape index (κ2) is 10.3. The highest BCUT2D eigenvalue weighted by molar-refractivity contribution is 7.85. The van der Waals surface area contributed by atoms with Crippen LogP contribution in [0.25, 0.3) is 0 Å². The highest BCUT2D eigenvalue weighted by atomic mass is 32.2. The number of carbonyl (C=O) groups excluding carboxylic acids is 2. The smallest absolute Gasteiger partial charge is 0.266 e. The fourth-order valence-electron chi connectivity index (χ4n) is 9.49. The molecule has 1 amide bonds. The van der Waals surface area contributed by atoms with Crippen molar-refractivity contribution in [2.24, 2.45) is 52.3 Å². The molecule has 0 saturated heterocycles. The highest BCUT2D eigenvalue weighted by Crippen LogP contribution is 2.68. The summed E-state index contributed by atoms with van der Waals surface area (Å²) in [5, 5.41) is 2.85. The molecule has 0 radical (unpaired) electrons. The van der Waals surface area contributed by atoms with Gasteiger partial charge in [0.15, 0.2) is 0 Å². The van der Waals surface area contributed by atoms with Gasteiger partial charge in [0.25, 0.3) is 10.1 Å². The van der Waals surface area contributed by atoms with Gasteiger partial charge in [-0.25, -0.2) is 0 Å². The van der Waals surface area contributed by atoms with Crippen LogP contribution in [0.4, 0.5) is 0 Å². The molecule has 36 heavy (non-hydrogen) atoms. The van der Waals surface area contributed by atoms with Crippen LogP contribution in [0.3, 0.4) is 0 Å². The molecule has 0 heterocycles. The van der Waals surface area contributed by atoms with Crippen LogP contribution in [-0.2, 0) is 19.7 Å². The molecular formula is C29H49NO5S. The predicted octanol–water partition coefficient (Wildman–Crippen LogP) is 5.66. The lowest BCUT2D eigenvalue weighted by Crippen LogP contribution is -2.53. The Kier molecular flexibility index (Phi) is 8.04. The Hall–Kier alpha value is -0.950. The monoisotopic (exact) mass is 523 g/mol. The molecule has 4 rings (SSSR count). The molecule has 4 aliphatic rings. The first-order valence-corrected chi connectivity index (χ1v) is 16.1. The van der Waals surface area contributed by atoms with Crippen molar-refractivity contribution in [3.05, 3.63) is 0 Å². The van der Waals surface area contributed by atoms with E-state index in [1.165, 1.54) is 38.5 Å². The minimum atomic E-state index is -4.14. The third-order valence-corrected chi connectivity index (χ3v) is 12.4. The minimum absolute atomic E-state index is 0.0720. The fraction of sp³-hybridized carbons (Fsp3) is 0.931. The quantitative estimate of drug-likeness (QED) is 0.400. The summed E-state index contributed by atoms with van der Waals surface area (Å²) >= 11 is 0. The van der Waals surface area contributed by atoms with E-state index in [2.05, 4.69) is 26.1 Å². The standard InChI is InChI=1S/C29H49NO5S/c1-18(2)26(17-36(33,34)35)30-27(32)11-6-19(3)23-9-10-24-22-8-7-20-16-21(31)12-14-28(20,4)25(22)13-15-29(23,24)5/h18-20,22-26H,6-17H2,1-5H3,(H,30,32)(H,33,34,35)/t19-,20-,22+,23-,24+,25+,26-,28+,29-/m1/s1. The summed E-state index contributed by atoms with van der Waals surface area (Å²) in [7, 11) is -4.14. The van der Waals surface area contributed by atoms with Gasteiger partial charge in [-0.1, -0.05) is 34.6 Å². The van der Waals surface area contributed by atoms with Crippen LogP contribution >= 0.6 is 0 Å². The van der Waals surface area contributed by atoms with Gasteiger partial charge in [0.05, 0.1) is 5.75 Å². The maximum absolute atomic E-state index is 12.7. The molecule has 0 aromatic heterocycles. The Morgan fingerprint density at radius 3 is 2.39 bits per heavy atom. The zero-order valence-corrected chi connectivity index (χ0v) is 23.9. The highest BCUT2D eigenvalue weighted by Gasteiger charge is 2.60. The first-order chi connectivity index (χ1) is 16.7. The van der Waals surface area contributed by atoms with Crippen molar-refractivity contribution in [2.75, 3.05) is 5.75 Å². The van der Waals surface area contributed by atoms with Gasteiger partial charge < -0.3 is 5.32 Å². The third-order valence-electron chi connectivity index (χ3n) is 11.6. The Morgan fingerprint density at radius 2 is 1.72 bits per heavy atom. The number of carbonyl (C=O) groups is 2. The SMILES string of the molecule is CC(C)[C@@H](CS(=O)(=O)O)NC(=O)CC[C@@H](C)[C@H]1CC[C@H]2[C@@H]3CC[C@@H]4CC(=O)CC[C@]4(C)[C@H]3CC[C@]12C. The number of fused-ring (bicyclic) bond motifs is 5. The topological polar surface area (TPSA) is 101 Å². The summed E-state index contributed by atoms with van der Waals surface area (Å²) in [6.45, 7) is 11.0. The van der Waals surface area contributed by atoms with Crippen molar-refractivity contribution in [3.63, 3.8) is 0 Å². The number of hydrogen-bond donors (Lipinski definition) is 2. The van der Waals surface area contributed by atoms with E-state index >= 15 is 0 Å². The van der Waals surface area contributed by atoms with Gasteiger partial charge in [-0.2, -0.15) is 8.42 Å². The van der Waals surface area contributed by atoms with Crippen LogP contribution in [0.15, 0.2) is 0 Å². The molecule has 0 spiro atoms. The van der Waals surface area contributed by atoms with E-state index in [-0.39, 0.29) is 11.8 Å². The second-order valence-corrected chi connectivity index (χ2v) is 15.3. The van der Waals surface area contributed by atoms with Crippen LogP contribution in [0.5, 0.6) is 0 Å². The van der Waals surface area contributed by atoms with Gasteiger partial charge in [-0.05, 0) is 104 Å². The van der Waals surface area contributed by atoms with Crippen molar-refractivity contribution in [1.29, 1.82) is 0 Å². The summed E-state index contributed by atoms with van der Waals surface area (Å²) in [5.74, 6) is 3.81. The predicted molar refractivity (Wildman–Crippen MR) is 142 cm³/mol. The van der Waals surface area contributed by atoms with Gasteiger partial charge >= 0.3 is 0 Å². The van der Waals surface area contributed by atoms with Gasteiger partial charge in [0.1, 0.15) is 5.78 Å². The maximum atomic E-state index is 12.7. The van der Waals surface area contributed by atoms with Gasteiger partial charge in [-0.3, -0.25) is 14.1 Å². The molecule has 4 saturated carbocycles. The molecule has 4 aliphatic carbocycles. The van der Waals surface area contributed by atoms with Crippen molar-refractivity contribution >= 4 is 21.8 Å². The van der Waals surface area contributed by atoms with E-state index in [9.17, 15) is 22.6 Å². The molecule has 0 aliphatic heterocycles. The molecule has 0 aromatic rings. The second-order valence-electron chi connectivity index (χ2n) is 13.8. The van der Waals surface area contributed by atoms with E-state index in [1.54, 1.807) is 0 Å². The number of ketones is 1. The fourth-order valence-corrected chi connectivity index (χ4v) is 10.4. The molecule has 206 valence electrons. The molecule has 0 bridgehead atoms. The summed E-state index contributed by atoms with van der Waals surface area (Å²) in [5.41, 5.74) is 0.672.